The molecule has 0 aromatic heterocycles. The number of ether oxygens (including phenoxy) is 1. The number of alkyl carbamates (subject to hydrolysis) is 1. The highest BCUT2D eigenvalue weighted by molar-refractivity contribution is 5.85. The fourth-order valence-corrected chi connectivity index (χ4v) is 5.24. The van der Waals surface area contributed by atoms with E-state index in [1.165, 1.54) is 11.1 Å². The van der Waals surface area contributed by atoms with E-state index < -0.39 is 22.9 Å². The van der Waals surface area contributed by atoms with Crippen LogP contribution in [0.1, 0.15) is 63.0 Å². The van der Waals surface area contributed by atoms with Crippen LogP contribution < -0.4 is 10.6 Å². The first-order chi connectivity index (χ1) is 16.8. The van der Waals surface area contributed by atoms with Crippen molar-refractivity contribution in [1.82, 2.24) is 10.6 Å². The first-order valence-electron chi connectivity index (χ1n) is 12.4. The van der Waals surface area contributed by atoms with Gasteiger partial charge in [0, 0.05) is 19.0 Å². The predicted molar refractivity (Wildman–Crippen MR) is 133 cm³/mol. The van der Waals surface area contributed by atoms with E-state index in [9.17, 15) is 19.5 Å². The number of carboxylic acids is 1. The van der Waals surface area contributed by atoms with Crippen LogP contribution in [-0.2, 0) is 14.3 Å². The molecule has 7 heteroatoms. The summed E-state index contributed by atoms with van der Waals surface area (Å²) < 4.78 is 5.63. The lowest BCUT2D eigenvalue weighted by Crippen LogP contribution is -2.50. The van der Waals surface area contributed by atoms with Gasteiger partial charge in [0.05, 0.1) is 10.8 Å². The molecule has 186 valence electrons. The van der Waals surface area contributed by atoms with Crippen molar-refractivity contribution in [3.8, 4) is 11.1 Å². The molecule has 2 aromatic carbocycles. The van der Waals surface area contributed by atoms with E-state index in [1.54, 1.807) is 13.8 Å². The van der Waals surface area contributed by atoms with Crippen LogP contribution in [0.2, 0.25) is 0 Å². The zero-order valence-electron chi connectivity index (χ0n) is 20.4. The van der Waals surface area contributed by atoms with Crippen LogP contribution in [-0.4, -0.2) is 42.8 Å². The predicted octanol–water partition coefficient (Wildman–Crippen LogP) is 4.70. The van der Waals surface area contributed by atoms with Gasteiger partial charge in [-0.2, -0.15) is 0 Å². The third-order valence-corrected chi connectivity index (χ3v) is 7.89. The molecular formula is C28H34N2O5. The minimum Gasteiger partial charge on any atom is -0.481 e. The number of benzene rings is 2. The summed E-state index contributed by atoms with van der Waals surface area (Å²) in [7, 11) is 0. The van der Waals surface area contributed by atoms with Gasteiger partial charge >= 0.3 is 12.1 Å². The molecule has 1 unspecified atom stereocenters. The van der Waals surface area contributed by atoms with Crippen molar-refractivity contribution >= 4 is 18.0 Å². The van der Waals surface area contributed by atoms with Gasteiger partial charge in [-0.15, -0.1) is 0 Å². The van der Waals surface area contributed by atoms with Crippen molar-refractivity contribution in [3.05, 3.63) is 59.7 Å². The number of carboxylic acid groups (broad SMARTS) is 1. The monoisotopic (exact) mass is 478 g/mol. The maximum Gasteiger partial charge on any atom is 0.407 e. The van der Waals surface area contributed by atoms with E-state index in [1.807, 2.05) is 24.3 Å². The number of carbonyl (C=O) groups excluding carboxylic acids is 2. The number of aliphatic carboxylic acids is 1. The average Bonchev–Trinajstić information content (AvgIpc) is 3.48. The van der Waals surface area contributed by atoms with Crippen LogP contribution in [0.4, 0.5) is 4.79 Å². The zero-order chi connectivity index (χ0) is 25.1. The van der Waals surface area contributed by atoms with E-state index in [0.29, 0.717) is 19.3 Å². The molecule has 35 heavy (non-hydrogen) atoms. The summed E-state index contributed by atoms with van der Waals surface area (Å²) in [6.45, 7) is 3.87. The average molecular weight is 479 g/mol. The summed E-state index contributed by atoms with van der Waals surface area (Å²) in [6.07, 6.45) is 2.95. The highest BCUT2D eigenvalue weighted by Crippen LogP contribution is 2.44. The Morgan fingerprint density at radius 3 is 2.11 bits per heavy atom. The van der Waals surface area contributed by atoms with Crippen LogP contribution in [0.25, 0.3) is 11.1 Å². The fraction of sp³-hybridized carbons (Fsp3) is 0.464. The number of fused-ring (bicyclic) bond motifs is 3. The Bertz CT molecular complexity index is 1060. The Hall–Kier alpha value is -3.35. The summed E-state index contributed by atoms with van der Waals surface area (Å²) in [6, 6.07) is 16.3. The number of hydrogen-bond acceptors (Lipinski definition) is 4. The van der Waals surface area contributed by atoms with Gasteiger partial charge in [0.25, 0.3) is 0 Å². The molecule has 1 saturated carbocycles. The second-order valence-corrected chi connectivity index (χ2v) is 10.1. The number of amides is 2. The van der Waals surface area contributed by atoms with Gasteiger partial charge in [-0.25, -0.2) is 4.79 Å². The molecule has 2 aromatic rings. The lowest BCUT2D eigenvalue weighted by atomic mass is 9.83. The lowest BCUT2D eigenvalue weighted by Gasteiger charge is -2.30. The van der Waals surface area contributed by atoms with Crippen molar-refractivity contribution in [2.75, 3.05) is 19.7 Å². The number of rotatable bonds is 9. The van der Waals surface area contributed by atoms with Gasteiger partial charge < -0.3 is 20.5 Å². The van der Waals surface area contributed by atoms with Crippen LogP contribution in [0.15, 0.2) is 48.5 Å². The van der Waals surface area contributed by atoms with Crippen molar-refractivity contribution in [2.45, 2.75) is 51.9 Å². The van der Waals surface area contributed by atoms with Crippen LogP contribution in [0.5, 0.6) is 0 Å². The van der Waals surface area contributed by atoms with Crippen LogP contribution >= 0.6 is 0 Å². The van der Waals surface area contributed by atoms with E-state index in [2.05, 4.69) is 34.9 Å². The van der Waals surface area contributed by atoms with Crippen molar-refractivity contribution in [1.29, 1.82) is 0 Å². The molecule has 2 aliphatic rings. The maximum atomic E-state index is 13.1. The summed E-state index contributed by atoms with van der Waals surface area (Å²) in [5.74, 6) is -1.16. The molecule has 4 rings (SSSR count). The topological polar surface area (TPSA) is 105 Å². The molecule has 0 spiro atoms. The number of hydrogen-bond donors (Lipinski definition) is 3. The van der Waals surface area contributed by atoms with E-state index in [4.69, 9.17) is 4.74 Å². The molecule has 2 aliphatic carbocycles. The molecule has 2 amide bonds. The highest BCUT2D eigenvalue weighted by Gasteiger charge is 2.43. The normalized spacial score (nSPS) is 17.7. The van der Waals surface area contributed by atoms with Crippen LogP contribution in [0, 0.1) is 10.8 Å². The van der Waals surface area contributed by atoms with Crippen molar-refractivity contribution in [2.24, 2.45) is 10.8 Å². The number of carbonyl (C=O) groups is 3. The molecule has 0 bridgehead atoms. The smallest absolute Gasteiger partial charge is 0.407 e. The van der Waals surface area contributed by atoms with Gasteiger partial charge in [-0.3, -0.25) is 9.59 Å². The summed E-state index contributed by atoms with van der Waals surface area (Å²) in [5, 5.41) is 15.2. The molecule has 0 aliphatic heterocycles. The zero-order valence-corrected chi connectivity index (χ0v) is 20.4. The number of nitrogens with one attached hydrogen (secondary N) is 2. The molecule has 0 heterocycles. The van der Waals surface area contributed by atoms with E-state index in [0.717, 1.165) is 24.0 Å². The highest BCUT2D eigenvalue weighted by atomic mass is 16.5. The van der Waals surface area contributed by atoms with Gasteiger partial charge in [0.2, 0.25) is 5.91 Å². The molecule has 1 atom stereocenters. The Morgan fingerprint density at radius 1 is 1.00 bits per heavy atom. The Kier molecular flexibility index (Phi) is 7.15. The third kappa shape index (κ3) is 4.90. The Balaban J connectivity index is 1.36. The van der Waals surface area contributed by atoms with Gasteiger partial charge in [0.15, 0.2) is 0 Å². The first-order valence-corrected chi connectivity index (χ1v) is 12.4. The Labute approximate surface area is 206 Å². The molecule has 3 N–H and O–H groups in total. The van der Waals surface area contributed by atoms with Crippen LogP contribution in [0.3, 0.4) is 0 Å². The Morgan fingerprint density at radius 2 is 1.57 bits per heavy atom. The summed E-state index contributed by atoms with van der Waals surface area (Å²) in [5.41, 5.74) is 2.86. The summed E-state index contributed by atoms with van der Waals surface area (Å²) in [4.78, 5) is 37.4. The van der Waals surface area contributed by atoms with Gasteiger partial charge in [-0.1, -0.05) is 68.3 Å². The molecular weight excluding hydrogens is 444 g/mol. The minimum atomic E-state index is -1.02. The SMILES string of the molecule is CCC(C)(CNC(=O)C1(CNC(=O)OCC2c3ccccc3-c3ccccc32)CCCC1)C(=O)O. The van der Waals surface area contributed by atoms with Gasteiger partial charge in [0.1, 0.15) is 6.61 Å². The van der Waals surface area contributed by atoms with Crippen molar-refractivity contribution in [3.63, 3.8) is 0 Å². The molecule has 0 radical (unpaired) electrons. The molecule has 1 fully saturated rings. The molecule has 7 nitrogen and oxygen atoms in total. The summed E-state index contributed by atoms with van der Waals surface area (Å²) >= 11 is 0. The quantitative estimate of drug-likeness (QED) is 0.484. The minimum absolute atomic E-state index is 0.0281. The van der Waals surface area contributed by atoms with Crippen molar-refractivity contribution < 1.29 is 24.2 Å². The second-order valence-electron chi connectivity index (χ2n) is 10.1. The molecule has 0 saturated heterocycles. The second kappa shape index (κ2) is 10.1. The third-order valence-electron chi connectivity index (χ3n) is 7.89. The van der Waals surface area contributed by atoms with Gasteiger partial charge in [-0.05, 0) is 48.4 Å². The largest absolute Gasteiger partial charge is 0.481 e. The first kappa shape index (κ1) is 24.8. The van der Waals surface area contributed by atoms with E-state index in [-0.39, 0.29) is 31.5 Å². The fourth-order valence-electron chi connectivity index (χ4n) is 5.24. The van der Waals surface area contributed by atoms with E-state index >= 15 is 0 Å². The lowest BCUT2D eigenvalue weighted by molar-refractivity contribution is -0.148. The maximum absolute atomic E-state index is 13.1. The standard InChI is InChI=1S/C28H34N2O5/c1-3-27(2,25(32)33)17-29-24(31)28(14-8-9-15-28)18-30-26(34)35-16-23-21-12-6-4-10-19(21)20-11-5-7-13-22(20)23/h4-7,10-13,23H,3,8-9,14-18H2,1-2H3,(H,29,31)(H,30,34)(H,32,33).